The maximum atomic E-state index is 4.00. The van der Waals surface area contributed by atoms with Crippen LogP contribution in [0.1, 0.15) is 46.4 Å². The molecule has 0 amide bonds. The van der Waals surface area contributed by atoms with Crippen molar-refractivity contribution >= 4 is 0 Å². The number of rotatable bonds is 1. The van der Waals surface area contributed by atoms with Gasteiger partial charge in [0.2, 0.25) is 0 Å². The van der Waals surface area contributed by atoms with Gasteiger partial charge in [-0.15, -0.1) is 15.3 Å². The third-order valence-corrected chi connectivity index (χ3v) is 2.08. The van der Waals surface area contributed by atoms with Crippen molar-refractivity contribution in [2.75, 3.05) is 0 Å². The van der Waals surface area contributed by atoms with Gasteiger partial charge in [0.15, 0.2) is 5.82 Å². The predicted octanol–water partition coefficient (Wildman–Crippen LogP) is 0.762. The molecule has 0 bridgehead atoms. The Bertz CT molecular complexity index is 450. The summed E-state index contributed by atoms with van der Waals surface area (Å²) in [5.74, 6) is 1.18. The van der Waals surface area contributed by atoms with Gasteiger partial charge in [-0.1, -0.05) is 13.8 Å². The molecule has 2 heterocycles. The van der Waals surface area contributed by atoms with Gasteiger partial charge in [-0.25, -0.2) is 4.68 Å². The van der Waals surface area contributed by atoms with Crippen molar-refractivity contribution in [1.82, 2.24) is 40.4 Å². The predicted molar refractivity (Wildman–Crippen MR) is 65.7 cm³/mol. The second kappa shape index (κ2) is 5.65. The third-order valence-electron chi connectivity index (χ3n) is 2.08. The van der Waals surface area contributed by atoms with E-state index in [-0.39, 0.29) is 5.54 Å². The van der Waals surface area contributed by atoms with Crippen molar-refractivity contribution in [3.63, 3.8) is 0 Å². The Labute approximate surface area is 106 Å². The average Bonchev–Trinajstić information content (AvgIpc) is 2.86. The minimum atomic E-state index is 0.00347. The molecule has 0 fully saturated rings. The molecule has 2 aromatic rings. The van der Waals surface area contributed by atoms with Gasteiger partial charge in [-0.05, 0) is 36.4 Å². The van der Waals surface area contributed by atoms with Crippen molar-refractivity contribution in [1.29, 1.82) is 0 Å². The fraction of sp³-hybridized carbons (Fsp3) is 0.800. The molecule has 100 valence electrons. The third kappa shape index (κ3) is 4.19. The summed E-state index contributed by atoms with van der Waals surface area (Å²) in [6.45, 7) is 10.2. The fourth-order valence-electron chi connectivity index (χ4n) is 0.998. The molecular formula is C10H20N8. The van der Waals surface area contributed by atoms with Gasteiger partial charge in [-0.3, -0.25) is 0 Å². The highest BCUT2D eigenvalue weighted by Gasteiger charge is 2.12. The Hall–Kier alpha value is -1.86. The number of tetrazole rings is 2. The van der Waals surface area contributed by atoms with E-state index in [0.717, 1.165) is 5.82 Å². The SMILES string of the molecule is CC(C)(C)n1cnnn1.CC(C)c1nnn(C)n1. The Morgan fingerprint density at radius 3 is 2.06 bits per heavy atom. The molecule has 0 aromatic carbocycles. The van der Waals surface area contributed by atoms with E-state index in [4.69, 9.17) is 0 Å². The topological polar surface area (TPSA) is 87.2 Å². The molecule has 8 heteroatoms. The number of nitrogens with zero attached hydrogens (tertiary/aromatic N) is 8. The highest BCUT2D eigenvalue weighted by molar-refractivity contribution is 4.83. The lowest BCUT2D eigenvalue weighted by molar-refractivity contribution is 0.346. The van der Waals surface area contributed by atoms with Crippen LogP contribution in [-0.4, -0.2) is 40.4 Å². The first-order valence-electron chi connectivity index (χ1n) is 5.78. The van der Waals surface area contributed by atoms with Crippen LogP contribution in [0.3, 0.4) is 0 Å². The highest BCUT2D eigenvalue weighted by atomic mass is 15.6. The number of hydrogen-bond acceptors (Lipinski definition) is 6. The van der Waals surface area contributed by atoms with E-state index >= 15 is 0 Å². The van der Waals surface area contributed by atoms with Gasteiger partial charge in [0, 0.05) is 5.92 Å². The van der Waals surface area contributed by atoms with Crippen LogP contribution in [0.2, 0.25) is 0 Å². The zero-order valence-electron chi connectivity index (χ0n) is 11.7. The van der Waals surface area contributed by atoms with Crippen molar-refractivity contribution in [2.24, 2.45) is 7.05 Å². The zero-order valence-corrected chi connectivity index (χ0v) is 11.7. The summed E-state index contributed by atoms with van der Waals surface area (Å²) in [4.78, 5) is 1.47. The second-order valence-corrected chi connectivity index (χ2v) is 5.22. The van der Waals surface area contributed by atoms with E-state index in [1.54, 1.807) is 18.1 Å². The zero-order chi connectivity index (χ0) is 13.8. The van der Waals surface area contributed by atoms with Crippen LogP contribution in [0.4, 0.5) is 0 Å². The lowest BCUT2D eigenvalue weighted by Crippen LogP contribution is -2.22. The van der Waals surface area contributed by atoms with Gasteiger partial charge in [0.1, 0.15) is 6.33 Å². The Morgan fingerprint density at radius 1 is 1.17 bits per heavy atom. The van der Waals surface area contributed by atoms with Crippen LogP contribution in [0.25, 0.3) is 0 Å². The van der Waals surface area contributed by atoms with Crippen LogP contribution in [0.15, 0.2) is 6.33 Å². The molecule has 2 aromatic heterocycles. The number of aryl methyl sites for hydroxylation is 1. The van der Waals surface area contributed by atoms with Gasteiger partial charge in [0.25, 0.3) is 0 Å². The Balaban J connectivity index is 0.000000180. The first-order chi connectivity index (χ1) is 8.30. The van der Waals surface area contributed by atoms with Gasteiger partial charge in [0.05, 0.1) is 12.6 Å². The van der Waals surface area contributed by atoms with Crippen molar-refractivity contribution in [3.05, 3.63) is 12.2 Å². The first kappa shape index (κ1) is 14.2. The summed E-state index contributed by atoms with van der Waals surface area (Å²) < 4.78 is 1.72. The Kier molecular flexibility index (Phi) is 4.46. The van der Waals surface area contributed by atoms with Crippen molar-refractivity contribution < 1.29 is 0 Å². The molecule has 0 N–H and O–H groups in total. The monoisotopic (exact) mass is 252 g/mol. The van der Waals surface area contributed by atoms with Crippen LogP contribution in [-0.2, 0) is 12.6 Å². The molecule has 0 unspecified atom stereocenters. The molecular weight excluding hydrogens is 232 g/mol. The Morgan fingerprint density at radius 2 is 1.83 bits per heavy atom. The van der Waals surface area contributed by atoms with E-state index in [1.165, 1.54) is 4.80 Å². The molecule has 0 aliphatic heterocycles. The fourth-order valence-corrected chi connectivity index (χ4v) is 0.998. The molecule has 0 aliphatic rings. The van der Waals surface area contributed by atoms with Gasteiger partial charge >= 0.3 is 0 Å². The highest BCUT2D eigenvalue weighted by Crippen LogP contribution is 2.08. The first-order valence-corrected chi connectivity index (χ1v) is 5.78. The molecule has 0 atom stereocenters. The van der Waals surface area contributed by atoms with Gasteiger partial charge < -0.3 is 0 Å². The molecule has 0 saturated carbocycles. The molecule has 2 rings (SSSR count). The minimum absolute atomic E-state index is 0.00347. The van der Waals surface area contributed by atoms with Crippen LogP contribution in [0.5, 0.6) is 0 Å². The van der Waals surface area contributed by atoms with Crippen LogP contribution < -0.4 is 0 Å². The van der Waals surface area contributed by atoms with E-state index in [2.05, 4.69) is 30.9 Å². The molecule has 0 aliphatic carbocycles. The standard InChI is InChI=1S/2C5H10N4/c1-5(2,3)9-4-6-7-8-9;1-4(2)5-6-8-9(3)7-5/h2*4H,1-3H3. The summed E-state index contributed by atoms with van der Waals surface area (Å²) in [6, 6.07) is 0. The summed E-state index contributed by atoms with van der Waals surface area (Å²) in [5.41, 5.74) is 0.00347. The number of hydrogen-bond donors (Lipinski definition) is 0. The summed E-state index contributed by atoms with van der Waals surface area (Å²) in [5, 5.41) is 22.3. The van der Waals surface area contributed by atoms with E-state index in [1.807, 2.05) is 34.6 Å². The molecule has 0 saturated heterocycles. The normalized spacial score (nSPS) is 11.3. The summed E-state index contributed by atoms with van der Waals surface area (Å²) in [7, 11) is 1.76. The summed E-state index contributed by atoms with van der Waals surface area (Å²) >= 11 is 0. The van der Waals surface area contributed by atoms with E-state index < -0.39 is 0 Å². The maximum Gasteiger partial charge on any atom is 0.177 e. The molecule has 18 heavy (non-hydrogen) atoms. The lowest BCUT2D eigenvalue weighted by atomic mass is 10.1. The van der Waals surface area contributed by atoms with E-state index in [9.17, 15) is 0 Å². The molecule has 0 radical (unpaired) electrons. The average molecular weight is 252 g/mol. The van der Waals surface area contributed by atoms with Crippen LogP contribution in [0, 0.1) is 0 Å². The molecule has 8 nitrogen and oxygen atoms in total. The van der Waals surface area contributed by atoms with E-state index in [0.29, 0.717) is 5.92 Å². The summed E-state index contributed by atoms with van der Waals surface area (Å²) in [6.07, 6.45) is 1.61. The van der Waals surface area contributed by atoms with Crippen molar-refractivity contribution in [2.45, 2.75) is 46.1 Å². The smallest absolute Gasteiger partial charge is 0.177 e. The number of aromatic nitrogens is 8. The maximum absolute atomic E-state index is 4.00. The van der Waals surface area contributed by atoms with Gasteiger partial charge in [-0.2, -0.15) is 4.80 Å². The second-order valence-electron chi connectivity index (χ2n) is 5.22. The minimum Gasteiger partial charge on any atom is -0.227 e. The quantitative estimate of drug-likeness (QED) is 0.744. The van der Waals surface area contributed by atoms with Crippen molar-refractivity contribution in [3.8, 4) is 0 Å². The van der Waals surface area contributed by atoms with Crippen LogP contribution >= 0.6 is 0 Å². The largest absolute Gasteiger partial charge is 0.227 e. The lowest BCUT2D eigenvalue weighted by Gasteiger charge is -2.16. The molecule has 0 spiro atoms.